The van der Waals surface area contributed by atoms with Crippen LogP contribution in [0.15, 0.2) is 35.3 Å². The fourth-order valence-electron chi connectivity index (χ4n) is 0.853. The van der Waals surface area contributed by atoms with E-state index in [1.54, 1.807) is 24.3 Å². The molecule has 0 atom stereocenters. The molecule has 1 aromatic rings. The quantitative estimate of drug-likeness (QED) is 0.514. The lowest BCUT2D eigenvalue weighted by Crippen LogP contribution is -1.75. The maximum Gasteiger partial charge on any atom is 0.235 e. The monoisotopic (exact) mass is 177 g/mol. The van der Waals surface area contributed by atoms with Crippen LogP contribution in [-0.2, 0) is 4.79 Å². The van der Waals surface area contributed by atoms with Crippen LogP contribution in [0.5, 0.6) is 0 Å². The van der Waals surface area contributed by atoms with Gasteiger partial charge in [-0.15, -0.1) is 0 Å². The van der Waals surface area contributed by atoms with Crippen LogP contribution in [0, 0.1) is 5.82 Å². The van der Waals surface area contributed by atoms with Crippen LogP contribution in [0.3, 0.4) is 0 Å². The summed E-state index contributed by atoms with van der Waals surface area (Å²) >= 11 is 0. The molecule has 0 unspecified atom stereocenters. The number of rotatable bonds is 3. The average Bonchev–Trinajstić information content (AvgIpc) is 2.15. The van der Waals surface area contributed by atoms with Gasteiger partial charge in [0.15, 0.2) is 0 Å². The normalized spacial score (nSPS) is 9.92. The summed E-state index contributed by atoms with van der Waals surface area (Å²) in [7, 11) is 0. The molecule has 0 saturated carbocycles. The van der Waals surface area contributed by atoms with Crippen LogP contribution in [0.4, 0.5) is 4.39 Å². The van der Waals surface area contributed by atoms with Gasteiger partial charge in [0.1, 0.15) is 5.82 Å². The molecule has 0 aliphatic heterocycles. The molecular weight excluding hydrogens is 169 g/mol. The number of isocyanates is 1. The minimum Gasteiger partial charge on any atom is -0.211 e. The van der Waals surface area contributed by atoms with E-state index < -0.39 is 0 Å². The van der Waals surface area contributed by atoms with E-state index in [1.165, 1.54) is 18.2 Å². The van der Waals surface area contributed by atoms with E-state index in [2.05, 4.69) is 4.99 Å². The van der Waals surface area contributed by atoms with Crippen molar-refractivity contribution < 1.29 is 9.18 Å². The first-order valence-corrected chi connectivity index (χ1v) is 3.78. The number of benzene rings is 1. The van der Waals surface area contributed by atoms with Crippen LogP contribution in [-0.4, -0.2) is 12.6 Å². The van der Waals surface area contributed by atoms with Crippen molar-refractivity contribution in [3.05, 3.63) is 41.7 Å². The van der Waals surface area contributed by atoms with Gasteiger partial charge >= 0.3 is 0 Å². The smallest absolute Gasteiger partial charge is 0.211 e. The zero-order chi connectivity index (χ0) is 9.52. The molecule has 0 saturated heterocycles. The minimum atomic E-state index is -0.261. The van der Waals surface area contributed by atoms with Crippen molar-refractivity contribution in [3.63, 3.8) is 0 Å². The molecule has 0 aliphatic rings. The first kappa shape index (κ1) is 9.36. The van der Waals surface area contributed by atoms with Crippen molar-refractivity contribution in [1.29, 1.82) is 0 Å². The van der Waals surface area contributed by atoms with E-state index in [0.29, 0.717) is 6.54 Å². The van der Waals surface area contributed by atoms with E-state index in [0.717, 1.165) is 5.56 Å². The van der Waals surface area contributed by atoms with Crippen LogP contribution >= 0.6 is 0 Å². The molecular formula is C10H8FNO. The van der Waals surface area contributed by atoms with E-state index in [-0.39, 0.29) is 5.82 Å². The molecule has 2 nitrogen and oxygen atoms in total. The topological polar surface area (TPSA) is 29.4 Å². The van der Waals surface area contributed by atoms with Crippen molar-refractivity contribution in [3.8, 4) is 0 Å². The van der Waals surface area contributed by atoms with Crippen LogP contribution < -0.4 is 0 Å². The van der Waals surface area contributed by atoms with E-state index in [4.69, 9.17) is 0 Å². The number of aliphatic imine (C=N–C) groups is 1. The molecule has 0 fully saturated rings. The Morgan fingerprint density at radius 1 is 1.38 bits per heavy atom. The fourth-order valence-corrected chi connectivity index (χ4v) is 0.853. The molecule has 13 heavy (non-hydrogen) atoms. The number of carbonyl (C=O) groups excluding carboxylic acids is 1. The molecule has 0 heterocycles. The Morgan fingerprint density at radius 2 is 2.08 bits per heavy atom. The van der Waals surface area contributed by atoms with Gasteiger partial charge in [-0.1, -0.05) is 24.3 Å². The predicted molar refractivity (Wildman–Crippen MR) is 48.4 cm³/mol. The summed E-state index contributed by atoms with van der Waals surface area (Å²) in [6, 6.07) is 6.05. The third-order valence-corrected chi connectivity index (χ3v) is 1.44. The molecule has 0 N–H and O–H groups in total. The van der Waals surface area contributed by atoms with Gasteiger partial charge in [-0.05, 0) is 17.7 Å². The Balaban J connectivity index is 2.58. The van der Waals surface area contributed by atoms with Crippen molar-refractivity contribution in [2.45, 2.75) is 0 Å². The van der Waals surface area contributed by atoms with E-state index >= 15 is 0 Å². The Hall–Kier alpha value is -1.73. The van der Waals surface area contributed by atoms with Crippen LogP contribution in [0.25, 0.3) is 6.08 Å². The van der Waals surface area contributed by atoms with Crippen LogP contribution in [0.2, 0.25) is 0 Å². The summed E-state index contributed by atoms with van der Waals surface area (Å²) in [6.07, 6.45) is 4.90. The van der Waals surface area contributed by atoms with Gasteiger partial charge in [-0.25, -0.2) is 14.2 Å². The lowest BCUT2D eigenvalue weighted by atomic mass is 10.2. The fraction of sp³-hybridized carbons (Fsp3) is 0.100. The third kappa shape index (κ3) is 3.45. The van der Waals surface area contributed by atoms with Gasteiger partial charge in [0.05, 0.1) is 6.54 Å². The van der Waals surface area contributed by atoms with Gasteiger partial charge in [-0.2, -0.15) is 0 Å². The highest BCUT2D eigenvalue weighted by Gasteiger charge is 1.87. The summed E-state index contributed by atoms with van der Waals surface area (Å²) in [5.74, 6) is -0.261. The van der Waals surface area contributed by atoms with Crippen molar-refractivity contribution in [1.82, 2.24) is 0 Å². The Bertz CT molecular complexity index is 336. The van der Waals surface area contributed by atoms with Crippen molar-refractivity contribution >= 4 is 12.2 Å². The molecule has 0 spiro atoms. The largest absolute Gasteiger partial charge is 0.235 e. The summed E-state index contributed by atoms with van der Waals surface area (Å²) in [5, 5.41) is 0. The van der Waals surface area contributed by atoms with E-state index in [9.17, 15) is 9.18 Å². The molecule has 1 rings (SSSR count). The predicted octanol–water partition coefficient (Wildman–Crippen LogP) is 2.17. The standard InChI is InChI=1S/C10H8FNO/c11-10-5-3-9(4-6-10)2-1-7-12-8-13/h1-6H,7H2/b2-1-. The Labute approximate surface area is 75.4 Å². The Morgan fingerprint density at radius 3 is 2.69 bits per heavy atom. The van der Waals surface area contributed by atoms with Gasteiger partial charge in [0.25, 0.3) is 0 Å². The highest BCUT2D eigenvalue weighted by atomic mass is 19.1. The molecule has 0 amide bonds. The third-order valence-electron chi connectivity index (χ3n) is 1.44. The summed E-state index contributed by atoms with van der Waals surface area (Å²) in [5.41, 5.74) is 0.877. The zero-order valence-electron chi connectivity index (χ0n) is 6.90. The first-order valence-electron chi connectivity index (χ1n) is 3.78. The molecule has 66 valence electrons. The number of nitrogens with zero attached hydrogens (tertiary/aromatic N) is 1. The minimum absolute atomic E-state index is 0.261. The molecule has 0 aromatic heterocycles. The number of hydrogen-bond donors (Lipinski definition) is 0. The summed E-state index contributed by atoms with van der Waals surface area (Å²) < 4.78 is 12.4. The second-order valence-electron chi connectivity index (χ2n) is 2.39. The molecule has 3 heteroatoms. The lowest BCUT2D eigenvalue weighted by molar-refractivity contribution is 0.564. The second-order valence-corrected chi connectivity index (χ2v) is 2.39. The SMILES string of the molecule is O=C=NC/C=C\c1ccc(F)cc1. The molecule has 0 radical (unpaired) electrons. The highest BCUT2D eigenvalue weighted by molar-refractivity contribution is 5.49. The van der Waals surface area contributed by atoms with Gasteiger partial charge in [-0.3, -0.25) is 0 Å². The summed E-state index contributed by atoms with van der Waals surface area (Å²) in [6.45, 7) is 0.306. The Kier molecular flexibility index (Phi) is 3.61. The molecule has 1 aromatic carbocycles. The van der Waals surface area contributed by atoms with Gasteiger partial charge in [0, 0.05) is 0 Å². The maximum absolute atomic E-state index is 12.4. The van der Waals surface area contributed by atoms with E-state index in [1.807, 2.05) is 0 Å². The number of halogens is 1. The molecule has 0 aliphatic carbocycles. The van der Waals surface area contributed by atoms with Crippen LogP contribution in [0.1, 0.15) is 5.56 Å². The molecule has 0 bridgehead atoms. The van der Waals surface area contributed by atoms with Gasteiger partial charge in [0.2, 0.25) is 6.08 Å². The number of hydrogen-bond acceptors (Lipinski definition) is 2. The first-order chi connectivity index (χ1) is 6.33. The zero-order valence-corrected chi connectivity index (χ0v) is 6.90. The van der Waals surface area contributed by atoms with Crippen molar-refractivity contribution in [2.24, 2.45) is 4.99 Å². The summed E-state index contributed by atoms with van der Waals surface area (Å²) in [4.78, 5) is 13.0. The lowest BCUT2D eigenvalue weighted by Gasteiger charge is -1.90. The van der Waals surface area contributed by atoms with Gasteiger partial charge < -0.3 is 0 Å². The maximum atomic E-state index is 12.4. The second kappa shape index (κ2) is 5.01. The highest BCUT2D eigenvalue weighted by Crippen LogP contribution is 2.04. The average molecular weight is 177 g/mol. The van der Waals surface area contributed by atoms with Crippen molar-refractivity contribution in [2.75, 3.05) is 6.54 Å².